The van der Waals surface area contributed by atoms with Gasteiger partial charge >= 0.3 is 0 Å². The first kappa shape index (κ1) is 21.9. The molecule has 2 aromatic rings. The van der Waals surface area contributed by atoms with Gasteiger partial charge in [0.25, 0.3) is 0 Å². The van der Waals surface area contributed by atoms with E-state index in [0.29, 0.717) is 25.2 Å². The molecule has 0 spiro atoms. The lowest BCUT2D eigenvalue weighted by Crippen LogP contribution is -2.55. The number of nitrogens with zero attached hydrogens (tertiary/aromatic N) is 2. The van der Waals surface area contributed by atoms with Crippen LogP contribution in [0.25, 0.3) is 10.9 Å². The fourth-order valence-electron chi connectivity index (χ4n) is 5.24. The molecule has 2 atom stereocenters. The predicted octanol–water partition coefficient (Wildman–Crippen LogP) is 3.33. The van der Waals surface area contributed by atoms with E-state index >= 15 is 0 Å². The van der Waals surface area contributed by atoms with Crippen molar-refractivity contribution in [3.05, 3.63) is 41.6 Å². The number of amides is 2. The lowest BCUT2D eigenvalue weighted by atomic mass is 9.66. The lowest BCUT2D eigenvalue weighted by molar-refractivity contribution is -0.134. The van der Waals surface area contributed by atoms with Crippen LogP contribution in [0.4, 0.5) is 0 Å². The van der Waals surface area contributed by atoms with Gasteiger partial charge in [0.1, 0.15) is 0 Å². The highest BCUT2D eigenvalue weighted by Gasteiger charge is 2.48. The highest BCUT2D eigenvalue weighted by molar-refractivity contribution is 6.01. The second-order valence-corrected chi connectivity index (χ2v) is 10.3. The summed E-state index contributed by atoms with van der Waals surface area (Å²) in [4.78, 5) is 30.8. The average molecular weight is 424 g/mol. The number of pyridine rings is 1. The predicted molar refractivity (Wildman–Crippen MR) is 120 cm³/mol. The summed E-state index contributed by atoms with van der Waals surface area (Å²) in [6.07, 6.45) is 3.25. The van der Waals surface area contributed by atoms with Crippen LogP contribution in [0, 0.1) is 11.3 Å². The van der Waals surface area contributed by atoms with E-state index in [0.717, 1.165) is 41.7 Å². The number of aliphatic hydroxyl groups is 1. The van der Waals surface area contributed by atoms with E-state index in [1.165, 1.54) is 0 Å². The molecule has 4 rings (SSSR count). The topological polar surface area (TPSA) is 82.5 Å². The number of fused-ring (bicyclic) bond motifs is 1. The van der Waals surface area contributed by atoms with Gasteiger partial charge in [-0.15, -0.1) is 0 Å². The first-order valence-corrected chi connectivity index (χ1v) is 11.3. The fourth-order valence-corrected chi connectivity index (χ4v) is 5.24. The summed E-state index contributed by atoms with van der Waals surface area (Å²) >= 11 is 0. The summed E-state index contributed by atoms with van der Waals surface area (Å²) in [5, 5.41) is 15.2. The molecule has 2 aliphatic rings. The first-order valence-electron chi connectivity index (χ1n) is 11.3. The quantitative estimate of drug-likeness (QED) is 0.737. The third-order valence-electron chi connectivity index (χ3n) is 6.97. The molecule has 6 nitrogen and oxygen atoms in total. The monoisotopic (exact) mass is 423 g/mol. The highest BCUT2D eigenvalue weighted by Crippen LogP contribution is 2.46. The van der Waals surface area contributed by atoms with E-state index in [1.54, 1.807) is 6.20 Å². The van der Waals surface area contributed by atoms with Crippen molar-refractivity contribution >= 4 is 22.7 Å². The van der Waals surface area contributed by atoms with Gasteiger partial charge in [0.15, 0.2) is 0 Å². The van der Waals surface area contributed by atoms with Crippen molar-refractivity contribution in [1.82, 2.24) is 15.2 Å². The van der Waals surface area contributed by atoms with Gasteiger partial charge in [0.05, 0.1) is 17.0 Å². The van der Waals surface area contributed by atoms with Gasteiger partial charge in [0, 0.05) is 43.1 Å². The third kappa shape index (κ3) is 4.11. The zero-order chi connectivity index (χ0) is 22.4. The van der Waals surface area contributed by atoms with Crippen molar-refractivity contribution in [3.63, 3.8) is 0 Å². The van der Waals surface area contributed by atoms with Crippen molar-refractivity contribution in [2.75, 3.05) is 19.6 Å². The van der Waals surface area contributed by atoms with Crippen molar-refractivity contribution in [2.24, 2.45) is 11.3 Å². The Kier molecular flexibility index (Phi) is 5.64. The van der Waals surface area contributed by atoms with Gasteiger partial charge in [-0.3, -0.25) is 19.9 Å². The number of aromatic nitrogens is 1. The number of hydrogen-bond donors (Lipinski definition) is 2. The summed E-state index contributed by atoms with van der Waals surface area (Å²) < 4.78 is 0. The maximum Gasteiger partial charge on any atom is 0.234 e. The van der Waals surface area contributed by atoms with Crippen LogP contribution < -0.4 is 5.32 Å². The number of imide groups is 1. The Hall–Kier alpha value is -2.31. The zero-order valence-corrected chi connectivity index (χ0v) is 18.9. The van der Waals surface area contributed by atoms with Crippen LogP contribution in [-0.2, 0) is 15.2 Å². The number of likely N-dealkylation sites (tertiary alicyclic amines) is 1. The molecule has 31 heavy (non-hydrogen) atoms. The minimum atomic E-state index is -0.931. The Morgan fingerprint density at radius 1 is 1.26 bits per heavy atom. The molecule has 0 radical (unpaired) electrons. The number of carbonyl (C=O) groups excluding carboxylic acids is 2. The average Bonchev–Trinajstić information content (AvgIpc) is 2.69. The van der Waals surface area contributed by atoms with Gasteiger partial charge in [-0.25, -0.2) is 0 Å². The van der Waals surface area contributed by atoms with E-state index in [4.69, 9.17) is 0 Å². The summed E-state index contributed by atoms with van der Waals surface area (Å²) in [6.45, 7) is 11.5. The number of rotatable bonds is 4. The van der Waals surface area contributed by atoms with E-state index < -0.39 is 5.60 Å². The van der Waals surface area contributed by atoms with Gasteiger partial charge in [-0.2, -0.15) is 0 Å². The normalized spacial score (nSPS) is 27.0. The molecule has 166 valence electrons. The minimum absolute atomic E-state index is 0.217. The van der Waals surface area contributed by atoms with Gasteiger partial charge < -0.3 is 10.0 Å². The van der Waals surface area contributed by atoms with E-state index in [1.807, 2.05) is 24.3 Å². The molecule has 2 saturated heterocycles. The molecule has 0 bridgehead atoms. The van der Waals surface area contributed by atoms with E-state index in [2.05, 4.69) is 42.9 Å². The summed E-state index contributed by atoms with van der Waals surface area (Å²) in [5.41, 5.74) is 1.31. The van der Waals surface area contributed by atoms with Gasteiger partial charge in [0.2, 0.25) is 11.8 Å². The molecule has 6 heteroatoms. The molecule has 2 amide bonds. The number of hydrogen-bond acceptors (Lipinski definition) is 5. The zero-order valence-electron chi connectivity index (χ0n) is 18.9. The fraction of sp³-hybridized carbons (Fsp3) is 0.560. The van der Waals surface area contributed by atoms with Crippen LogP contribution in [0.1, 0.15) is 64.0 Å². The number of nitrogens with one attached hydrogen (secondary N) is 1. The maximum atomic E-state index is 12.3. The SMILES string of the molecule is CC(C)CN1CCC(O)(c2ccc3ncc(C4CCC(=O)NC4=O)cc3c2)C(C)(C)C1. The minimum Gasteiger partial charge on any atom is -0.385 e. The molecule has 3 heterocycles. The summed E-state index contributed by atoms with van der Waals surface area (Å²) in [6, 6.07) is 7.95. The Labute approximate surface area is 184 Å². The number of carbonyl (C=O) groups is 2. The second kappa shape index (κ2) is 7.99. The number of piperidine rings is 2. The number of benzene rings is 1. The molecular weight excluding hydrogens is 390 g/mol. The largest absolute Gasteiger partial charge is 0.385 e. The third-order valence-corrected chi connectivity index (χ3v) is 6.97. The van der Waals surface area contributed by atoms with Crippen molar-refractivity contribution < 1.29 is 14.7 Å². The van der Waals surface area contributed by atoms with Crippen molar-refractivity contribution in [3.8, 4) is 0 Å². The molecular formula is C25H33N3O3. The van der Waals surface area contributed by atoms with Crippen LogP contribution in [0.5, 0.6) is 0 Å². The van der Waals surface area contributed by atoms with Crippen molar-refractivity contribution in [2.45, 2.75) is 58.5 Å². The van der Waals surface area contributed by atoms with Crippen LogP contribution >= 0.6 is 0 Å². The Balaban J connectivity index is 1.65. The Morgan fingerprint density at radius 2 is 2.03 bits per heavy atom. The van der Waals surface area contributed by atoms with Gasteiger partial charge in [-0.05, 0) is 48.1 Å². The smallest absolute Gasteiger partial charge is 0.234 e. The molecule has 0 saturated carbocycles. The molecule has 2 fully saturated rings. The molecule has 2 aliphatic heterocycles. The van der Waals surface area contributed by atoms with Crippen LogP contribution in [0.15, 0.2) is 30.5 Å². The van der Waals surface area contributed by atoms with E-state index in [9.17, 15) is 14.7 Å². The Morgan fingerprint density at radius 3 is 2.71 bits per heavy atom. The Bertz CT molecular complexity index is 1020. The molecule has 1 aromatic heterocycles. The maximum absolute atomic E-state index is 12.3. The molecule has 2 N–H and O–H groups in total. The van der Waals surface area contributed by atoms with Crippen LogP contribution in [-0.4, -0.2) is 46.4 Å². The van der Waals surface area contributed by atoms with Crippen LogP contribution in [0.3, 0.4) is 0 Å². The lowest BCUT2D eigenvalue weighted by Gasteiger charge is -2.51. The first-order chi connectivity index (χ1) is 14.6. The molecule has 2 unspecified atom stereocenters. The van der Waals surface area contributed by atoms with Gasteiger partial charge in [-0.1, -0.05) is 33.8 Å². The molecule has 1 aromatic carbocycles. The summed E-state index contributed by atoms with van der Waals surface area (Å²) in [7, 11) is 0. The van der Waals surface area contributed by atoms with E-state index in [-0.39, 0.29) is 23.1 Å². The highest BCUT2D eigenvalue weighted by atomic mass is 16.3. The molecule has 0 aliphatic carbocycles. The summed E-state index contributed by atoms with van der Waals surface area (Å²) in [5.74, 6) is -0.243. The standard InChI is InChI=1S/C25H33N3O3/c1-16(2)14-28-10-9-25(31,24(3,4)15-28)19-5-7-21-17(12-19)11-18(13-26-21)20-6-8-22(29)27-23(20)30/h5,7,11-13,16,20,31H,6,8-10,14-15H2,1-4H3,(H,27,29,30). The van der Waals surface area contributed by atoms with Crippen LogP contribution in [0.2, 0.25) is 0 Å². The van der Waals surface area contributed by atoms with Crippen molar-refractivity contribution in [1.29, 1.82) is 0 Å². The second-order valence-electron chi connectivity index (χ2n) is 10.3.